The number of rotatable bonds is 3. The van der Waals surface area contributed by atoms with Gasteiger partial charge in [-0.3, -0.25) is 0 Å². The van der Waals surface area contributed by atoms with Crippen molar-refractivity contribution in [2.24, 2.45) is 0 Å². The van der Waals surface area contributed by atoms with Crippen molar-refractivity contribution in [2.75, 3.05) is 24.6 Å². The van der Waals surface area contributed by atoms with Crippen molar-refractivity contribution in [3.05, 3.63) is 36.5 Å². The molecule has 3 aromatic rings. The van der Waals surface area contributed by atoms with Gasteiger partial charge in [0.2, 0.25) is 0 Å². The first-order chi connectivity index (χ1) is 12.7. The van der Waals surface area contributed by atoms with Crippen molar-refractivity contribution in [3.8, 4) is 6.01 Å². The van der Waals surface area contributed by atoms with Gasteiger partial charge < -0.3 is 14.4 Å². The van der Waals surface area contributed by atoms with E-state index >= 15 is 0 Å². The van der Waals surface area contributed by atoms with Crippen LogP contribution in [0.3, 0.4) is 0 Å². The van der Waals surface area contributed by atoms with Gasteiger partial charge in [0.05, 0.1) is 19.7 Å². The molecule has 134 valence electrons. The highest BCUT2D eigenvalue weighted by Crippen LogP contribution is 2.37. The van der Waals surface area contributed by atoms with E-state index in [9.17, 15) is 0 Å². The van der Waals surface area contributed by atoms with E-state index in [-0.39, 0.29) is 11.7 Å². The second-order valence-electron chi connectivity index (χ2n) is 6.88. The Morgan fingerprint density at radius 1 is 1.23 bits per heavy atom. The number of fused-ring (bicyclic) bond motifs is 1. The lowest BCUT2D eigenvalue weighted by Crippen LogP contribution is -2.67. The molecule has 5 rings (SSSR count). The minimum Gasteiger partial charge on any atom is -0.460 e. The third kappa shape index (κ3) is 2.64. The summed E-state index contributed by atoms with van der Waals surface area (Å²) in [5.41, 5.74) is 0.732. The van der Waals surface area contributed by atoms with Gasteiger partial charge in [-0.05, 0) is 13.0 Å². The van der Waals surface area contributed by atoms with Gasteiger partial charge in [0.25, 0.3) is 5.78 Å². The molecule has 9 heteroatoms. The van der Waals surface area contributed by atoms with E-state index in [2.05, 4.69) is 29.9 Å². The molecule has 2 fully saturated rings. The molecule has 1 atom stereocenters. The Balaban J connectivity index is 1.31. The lowest BCUT2D eigenvalue weighted by atomic mass is 9.84. The van der Waals surface area contributed by atoms with Crippen LogP contribution in [0.15, 0.2) is 30.9 Å². The first-order valence-corrected chi connectivity index (χ1v) is 8.71. The van der Waals surface area contributed by atoms with Gasteiger partial charge in [-0.25, -0.2) is 15.0 Å². The fraction of sp³-hybridized carbons (Fsp3) is 0.471. The van der Waals surface area contributed by atoms with Gasteiger partial charge in [0, 0.05) is 37.0 Å². The molecule has 2 aliphatic rings. The number of aromatic nitrogens is 6. The lowest BCUT2D eigenvalue weighted by molar-refractivity contribution is -0.127. The van der Waals surface area contributed by atoms with Crippen LogP contribution in [0, 0.1) is 6.92 Å². The molecular formula is C17H19N7O2. The van der Waals surface area contributed by atoms with Gasteiger partial charge in [0.15, 0.2) is 0 Å². The molecule has 1 spiro atoms. The molecule has 0 bridgehead atoms. The third-order valence-electron chi connectivity index (χ3n) is 4.91. The van der Waals surface area contributed by atoms with Crippen LogP contribution in [0.25, 0.3) is 5.78 Å². The highest BCUT2D eigenvalue weighted by atomic mass is 16.5. The van der Waals surface area contributed by atoms with Crippen molar-refractivity contribution in [3.63, 3.8) is 0 Å². The second-order valence-corrected chi connectivity index (χ2v) is 6.88. The topological polar surface area (TPSA) is 90.6 Å². The monoisotopic (exact) mass is 353 g/mol. The van der Waals surface area contributed by atoms with Crippen LogP contribution in [0.1, 0.15) is 18.5 Å². The molecule has 9 nitrogen and oxygen atoms in total. The van der Waals surface area contributed by atoms with Crippen LogP contribution >= 0.6 is 0 Å². The summed E-state index contributed by atoms with van der Waals surface area (Å²) in [5, 5.41) is 4.29. The summed E-state index contributed by atoms with van der Waals surface area (Å²) in [5.74, 6) is 1.61. The molecule has 0 amide bonds. The molecule has 26 heavy (non-hydrogen) atoms. The van der Waals surface area contributed by atoms with Crippen LogP contribution < -0.4 is 9.64 Å². The van der Waals surface area contributed by atoms with Crippen LogP contribution in [-0.4, -0.2) is 61.0 Å². The Morgan fingerprint density at radius 2 is 2.08 bits per heavy atom. The van der Waals surface area contributed by atoms with Crippen molar-refractivity contribution in [1.29, 1.82) is 0 Å². The maximum atomic E-state index is 6.12. The Morgan fingerprint density at radius 3 is 2.92 bits per heavy atom. The van der Waals surface area contributed by atoms with Gasteiger partial charge in [0.1, 0.15) is 23.9 Å². The molecule has 0 saturated carbocycles. The SMILES string of the molecule is Cc1cc(N2CC3(CC(Oc4ncccn4)CCO3)C2)n2ncnc2n1. The van der Waals surface area contributed by atoms with Crippen molar-refractivity contribution >= 4 is 11.6 Å². The zero-order valence-electron chi connectivity index (χ0n) is 14.4. The molecule has 0 radical (unpaired) electrons. The first-order valence-electron chi connectivity index (χ1n) is 8.71. The normalized spacial score (nSPS) is 21.7. The minimum absolute atomic E-state index is 0.0684. The molecule has 1 unspecified atom stereocenters. The van der Waals surface area contributed by atoms with E-state index in [4.69, 9.17) is 9.47 Å². The Hall–Kier alpha value is -2.81. The molecule has 2 saturated heterocycles. The number of hydrogen-bond acceptors (Lipinski definition) is 8. The van der Waals surface area contributed by atoms with E-state index in [1.807, 2.05) is 13.0 Å². The van der Waals surface area contributed by atoms with E-state index in [1.54, 1.807) is 23.0 Å². The zero-order valence-corrected chi connectivity index (χ0v) is 14.4. The Bertz CT molecular complexity index is 923. The van der Waals surface area contributed by atoms with Gasteiger partial charge in [-0.2, -0.15) is 14.6 Å². The van der Waals surface area contributed by atoms with Crippen molar-refractivity contribution in [1.82, 2.24) is 29.5 Å². The second kappa shape index (κ2) is 5.87. The van der Waals surface area contributed by atoms with Crippen molar-refractivity contribution < 1.29 is 9.47 Å². The number of ether oxygens (including phenoxy) is 2. The van der Waals surface area contributed by atoms with E-state index in [0.717, 1.165) is 37.4 Å². The van der Waals surface area contributed by atoms with Crippen LogP contribution in [-0.2, 0) is 4.74 Å². The molecule has 0 aliphatic carbocycles. The number of hydrogen-bond donors (Lipinski definition) is 0. The number of aryl methyl sites for hydroxylation is 1. The summed E-state index contributed by atoms with van der Waals surface area (Å²) in [6.07, 6.45) is 6.66. The van der Waals surface area contributed by atoms with Crippen LogP contribution in [0.2, 0.25) is 0 Å². The van der Waals surface area contributed by atoms with E-state index in [1.165, 1.54) is 6.33 Å². The Kier molecular flexibility index (Phi) is 3.49. The largest absolute Gasteiger partial charge is 0.460 e. The summed E-state index contributed by atoms with van der Waals surface area (Å²) in [6.45, 7) is 4.23. The third-order valence-corrected chi connectivity index (χ3v) is 4.91. The molecule has 0 aromatic carbocycles. The highest BCUT2D eigenvalue weighted by Gasteiger charge is 2.49. The standard InChI is InChI=1S/C17H19N7O2/c1-12-7-14(24-15(22-12)20-11-21-24)23-9-17(10-23)8-13(3-6-25-17)26-16-18-4-2-5-19-16/h2,4-5,7,11,13H,3,6,8-10H2,1H3. The average molecular weight is 353 g/mol. The maximum Gasteiger partial charge on any atom is 0.316 e. The quantitative estimate of drug-likeness (QED) is 0.690. The minimum atomic E-state index is -0.193. The first kappa shape index (κ1) is 15.4. The maximum absolute atomic E-state index is 6.12. The summed E-state index contributed by atoms with van der Waals surface area (Å²) in [4.78, 5) is 19.1. The van der Waals surface area contributed by atoms with E-state index in [0.29, 0.717) is 18.4 Å². The van der Waals surface area contributed by atoms with E-state index < -0.39 is 0 Å². The summed E-state index contributed by atoms with van der Waals surface area (Å²) < 4.78 is 13.8. The van der Waals surface area contributed by atoms with Gasteiger partial charge >= 0.3 is 6.01 Å². The molecule has 3 aromatic heterocycles. The van der Waals surface area contributed by atoms with Gasteiger partial charge in [-0.15, -0.1) is 0 Å². The smallest absolute Gasteiger partial charge is 0.316 e. The molecule has 5 heterocycles. The highest BCUT2D eigenvalue weighted by molar-refractivity contribution is 5.50. The summed E-state index contributed by atoms with van der Waals surface area (Å²) in [7, 11) is 0. The fourth-order valence-electron chi connectivity index (χ4n) is 3.75. The summed E-state index contributed by atoms with van der Waals surface area (Å²) in [6, 6.07) is 4.24. The van der Waals surface area contributed by atoms with Crippen molar-refractivity contribution in [2.45, 2.75) is 31.5 Å². The molecular weight excluding hydrogens is 334 g/mol. The van der Waals surface area contributed by atoms with Gasteiger partial charge in [-0.1, -0.05) is 0 Å². The zero-order chi connectivity index (χ0) is 17.6. The van der Waals surface area contributed by atoms with Crippen LogP contribution in [0.4, 0.5) is 5.82 Å². The summed E-state index contributed by atoms with van der Waals surface area (Å²) >= 11 is 0. The van der Waals surface area contributed by atoms with Crippen LogP contribution in [0.5, 0.6) is 6.01 Å². The number of anilines is 1. The fourth-order valence-corrected chi connectivity index (χ4v) is 3.75. The molecule has 2 aliphatic heterocycles. The molecule has 0 N–H and O–H groups in total. The number of nitrogens with zero attached hydrogens (tertiary/aromatic N) is 7. The Labute approximate surface area is 150 Å². The predicted octanol–water partition coefficient (Wildman–Crippen LogP) is 1.04. The predicted molar refractivity (Wildman–Crippen MR) is 92.1 cm³/mol. The average Bonchev–Trinajstić information content (AvgIpc) is 3.08. The lowest BCUT2D eigenvalue weighted by Gasteiger charge is -2.53.